The van der Waals surface area contributed by atoms with Crippen LogP contribution in [0.15, 0.2) is 42.5 Å². The van der Waals surface area contributed by atoms with Crippen molar-refractivity contribution in [3.63, 3.8) is 0 Å². The molecule has 6 heteroatoms. The summed E-state index contributed by atoms with van der Waals surface area (Å²) < 4.78 is 28.8. The minimum Gasteiger partial charge on any atom is -0.435 e. The minimum atomic E-state index is -2.85. The number of hydrogen-bond acceptors (Lipinski definition) is 2. The molecule has 0 radical (unpaired) electrons. The molecule has 2 aromatic carbocycles. The van der Waals surface area contributed by atoms with Crippen LogP contribution in [-0.2, 0) is 6.54 Å². The molecule has 2 rings (SSSR count). The van der Waals surface area contributed by atoms with Crippen LogP contribution in [0.5, 0.6) is 5.75 Å². The predicted octanol–water partition coefficient (Wildman–Crippen LogP) is 6.20. The molecular formula is C22H28F2N2O2. The lowest BCUT2D eigenvalue weighted by Gasteiger charge is -2.23. The predicted molar refractivity (Wildman–Crippen MR) is 108 cm³/mol. The van der Waals surface area contributed by atoms with Gasteiger partial charge in [-0.3, -0.25) is 0 Å². The van der Waals surface area contributed by atoms with E-state index in [1.807, 2.05) is 18.2 Å². The monoisotopic (exact) mass is 390 g/mol. The van der Waals surface area contributed by atoms with E-state index in [2.05, 4.69) is 37.7 Å². The van der Waals surface area contributed by atoms with Crippen molar-refractivity contribution < 1.29 is 18.3 Å². The summed E-state index contributed by atoms with van der Waals surface area (Å²) in [6.07, 6.45) is 0. The lowest BCUT2D eigenvalue weighted by atomic mass is 9.93. The number of nitrogens with zero attached hydrogens (tertiary/aromatic N) is 1. The molecule has 0 saturated heterocycles. The Labute approximate surface area is 165 Å². The lowest BCUT2D eigenvalue weighted by molar-refractivity contribution is -0.0498. The largest absolute Gasteiger partial charge is 0.435 e. The number of carbonyl (C=O) groups excluding carboxylic acids is 1. The van der Waals surface area contributed by atoms with Crippen LogP contribution in [-0.4, -0.2) is 24.6 Å². The molecule has 0 aliphatic heterocycles. The van der Waals surface area contributed by atoms with Crippen molar-refractivity contribution in [2.75, 3.05) is 12.4 Å². The number of ether oxygens (including phenoxy) is 1. The molecule has 152 valence electrons. The number of benzene rings is 2. The Morgan fingerprint density at radius 2 is 1.54 bits per heavy atom. The number of para-hydroxylation sites is 1. The van der Waals surface area contributed by atoms with Gasteiger partial charge < -0.3 is 15.0 Å². The maximum absolute atomic E-state index is 12.8. The second-order valence-electron chi connectivity index (χ2n) is 7.43. The number of alkyl halides is 2. The Hall–Kier alpha value is -2.63. The summed E-state index contributed by atoms with van der Waals surface area (Å²) in [4.78, 5) is 14.3. The standard InChI is InChI=1S/C22H28F2N2O2/c1-14(2)18-7-6-8-19(15(3)4)20(18)25-22(27)26(5)13-16-9-11-17(12-10-16)28-21(23)24/h6-12,14-15,21H,13H2,1-5H3,(H,25,27). The zero-order valence-corrected chi connectivity index (χ0v) is 17.0. The molecule has 1 N–H and O–H groups in total. The molecule has 2 aromatic rings. The van der Waals surface area contributed by atoms with E-state index in [1.54, 1.807) is 24.1 Å². The van der Waals surface area contributed by atoms with Crippen LogP contribution in [0.2, 0.25) is 0 Å². The second kappa shape index (κ2) is 9.53. The topological polar surface area (TPSA) is 41.6 Å². The van der Waals surface area contributed by atoms with E-state index in [0.29, 0.717) is 6.54 Å². The Bertz CT molecular complexity index is 763. The molecule has 0 fully saturated rings. The van der Waals surface area contributed by atoms with Gasteiger partial charge in [0, 0.05) is 19.3 Å². The maximum Gasteiger partial charge on any atom is 0.387 e. The van der Waals surface area contributed by atoms with Gasteiger partial charge in [0.15, 0.2) is 0 Å². The summed E-state index contributed by atoms with van der Waals surface area (Å²) in [6.45, 7) is 5.89. The summed E-state index contributed by atoms with van der Waals surface area (Å²) in [7, 11) is 1.70. The third-order valence-electron chi connectivity index (χ3n) is 4.52. The first-order chi connectivity index (χ1) is 13.2. The summed E-state index contributed by atoms with van der Waals surface area (Å²) in [6, 6.07) is 12.2. The molecule has 0 heterocycles. The first-order valence-electron chi connectivity index (χ1n) is 9.37. The summed E-state index contributed by atoms with van der Waals surface area (Å²) in [5.74, 6) is 0.654. The number of urea groups is 1. The van der Waals surface area contributed by atoms with Gasteiger partial charge in [-0.2, -0.15) is 8.78 Å². The smallest absolute Gasteiger partial charge is 0.387 e. The van der Waals surface area contributed by atoms with Crippen molar-refractivity contribution in [3.05, 3.63) is 59.2 Å². The van der Waals surface area contributed by atoms with Gasteiger partial charge in [-0.05, 0) is 40.7 Å². The van der Waals surface area contributed by atoms with Crippen LogP contribution in [0, 0.1) is 0 Å². The Kier molecular flexibility index (Phi) is 7.38. The third kappa shape index (κ3) is 5.68. The van der Waals surface area contributed by atoms with Crippen LogP contribution in [0.3, 0.4) is 0 Å². The van der Waals surface area contributed by atoms with Crippen LogP contribution in [0.25, 0.3) is 0 Å². The van der Waals surface area contributed by atoms with Crippen LogP contribution in [0.4, 0.5) is 19.3 Å². The fourth-order valence-corrected chi connectivity index (χ4v) is 3.02. The van der Waals surface area contributed by atoms with Crippen LogP contribution < -0.4 is 10.1 Å². The lowest BCUT2D eigenvalue weighted by Crippen LogP contribution is -2.31. The van der Waals surface area contributed by atoms with Crippen molar-refractivity contribution >= 4 is 11.7 Å². The van der Waals surface area contributed by atoms with Crippen molar-refractivity contribution in [2.45, 2.75) is 52.7 Å². The molecule has 0 unspecified atom stereocenters. The fourth-order valence-electron chi connectivity index (χ4n) is 3.02. The average molecular weight is 390 g/mol. The van der Waals surface area contributed by atoms with Gasteiger partial charge in [0.2, 0.25) is 0 Å². The van der Waals surface area contributed by atoms with Gasteiger partial charge in [0.25, 0.3) is 0 Å². The summed E-state index contributed by atoms with van der Waals surface area (Å²) in [5.41, 5.74) is 3.88. The molecule has 0 bridgehead atoms. The molecule has 0 aliphatic rings. The molecule has 0 spiro atoms. The zero-order valence-electron chi connectivity index (χ0n) is 17.0. The second-order valence-corrected chi connectivity index (χ2v) is 7.43. The molecule has 0 aromatic heterocycles. The highest BCUT2D eigenvalue weighted by molar-refractivity contribution is 5.91. The molecule has 0 aliphatic carbocycles. The molecule has 28 heavy (non-hydrogen) atoms. The maximum atomic E-state index is 12.8. The van der Waals surface area contributed by atoms with Gasteiger partial charge in [0.1, 0.15) is 5.75 Å². The van der Waals surface area contributed by atoms with E-state index < -0.39 is 6.61 Å². The van der Waals surface area contributed by atoms with E-state index in [4.69, 9.17) is 0 Å². The van der Waals surface area contributed by atoms with Crippen molar-refractivity contribution in [1.82, 2.24) is 4.90 Å². The van der Waals surface area contributed by atoms with Crippen molar-refractivity contribution in [2.24, 2.45) is 0 Å². The van der Waals surface area contributed by atoms with Gasteiger partial charge in [-0.1, -0.05) is 58.0 Å². The summed E-state index contributed by atoms with van der Waals surface area (Å²) in [5, 5.41) is 3.06. The highest BCUT2D eigenvalue weighted by Crippen LogP contribution is 2.32. The van der Waals surface area contributed by atoms with Gasteiger partial charge in [0.05, 0.1) is 0 Å². The average Bonchev–Trinajstić information content (AvgIpc) is 2.62. The number of nitrogens with one attached hydrogen (secondary N) is 1. The number of anilines is 1. The van der Waals surface area contributed by atoms with Gasteiger partial charge >= 0.3 is 12.6 Å². The normalized spacial score (nSPS) is 11.2. The minimum absolute atomic E-state index is 0.0956. The quantitative estimate of drug-likeness (QED) is 0.612. The van der Waals surface area contributed by atoms with E-state index in [-0.39, 0.29) is 23.6 Å². The Morgan fingerprint density at radius 3 is 2.00 bits per heavy atom. The number of amides is 2. The van der Waals surface area contributed by atoms with Gasteiger partial charge in [-0.15, -0.1) is 0 Å². The zero-order chi connectivity index (χ0) is 20.8. The highest BCUT2D eigenvalue weighted by Gasteiger charge is 2.18. The number of halogens is 2. The van der Waals surface area contributed by atoms with E-state index in [0.717, 1.165) is 22.4 Å². The Morgan fingerprint density at radius 1 is 1.00 bits per heavy atom. The van der Waals surface area contributed by atoms with Crippen LogP contribution >= 0.6 is 0 Å². The third-order valence-corrected chi connectivity index (χ3v) is 4.52. The molecular weight excluding hydrogens is 362 g/mol. The summed E-state index contributed by atoms with van der Waals surface area (Å²) >= 11 is 0. The molecule has 0 saturated carbocycles. The SMILES string of the molecule is CC(C)c1cccc(C(C)C)c1NC(=O)N(C)Cc1ccc(OC(F)F)cc1. The number of carbonyl (C=O) groups is 1. The first kappa shape index (κ1) is 21.7. The van der Waals surface area contributed by atoms with E-state index in [9.17, 15) is 13.6 Å². The number of hydrogen-bond donors (Lipinski definition) is 1. The fraction of sp³-hybridized carbons (Fsp3) is 0.409. The molecule has 4 nitrogen and oxygen atoms in total. The van der Waals surface area contributed by atoms with Gasteiger partial charge in [-0.25, -0.2) is 4.79 Å². The van der Waals surface area contributed by atoms with Crippen molar-refractivity contribution in [1.29, 1.82) is 0 Å². The molecule has 2 amide bonds. The van der Waals surface area contributed by atoms with Crippen molar-refractivity contribution in [3.8, 4) is 5.75 Å². The molecule has 0 atom stereocenters. The van der Waals surface area contributed by atoms with E-state index in [1.165, 1.54) is 12.1 Å². The Balaban J connectivity index is 2.12. The highest BCUT2D eigenvalue weighted by atomic mass is 19.3. The number of rotatable bonds is 7. The van der Waals surface area contributed by atoms with Crippen LogP contribution in [0.1, 0.15) is 56.2 Å². The van der Waals surface area contributed by atoms with E-state index >= 15 is 0 Å². The first-order valence-corrected chi connectivity index (χ1v) is 9.37.